The van der Waals surface area contributed by atoms with E-state index in [9.17, 15) is 9.90 Å². The maximum absolute atomic E-state index is 11.6. The third-order valence-corrected chi connectivity index (χ3v) is 5.18. The highest BCUT2D eigenvalue weighted by Crippen LogP contribution is 2.37. The van der Waals surface area contributed by atoms with Gasteiger partial charge in [0, 0.05) is 6.04 Å². The predicted octanol–water partition coefficient (Wildman–Crippen LogP) is 3.28. The highest BCUT2D eigenvalue weighted by Gasteiger charge is 2.45. The van der Waals surface area contributed by atoms with E-state index in [0.29, 0.717) is 6.04 Å². The van der Waals surface area contributed by atoms with Crippen LogP contribution in [0.1, 0.15) is 65.2 Å². The van der Waals surface area contributed by atoms with Gasteiger partial charge < -0.3 is 5.11 Å². The first-order valence-corrected chi connectivity index (χ1v) is 7.58. The number of carboxylic acids is 1. The van der Waals surface area contributed by atoms with Crippen molar-refractivity contribution in [2.75, 3.05) is 6.54 Å². The number of aliphatic carboxylic acids is 1. The lowest BCUT2D eigenvalue weighted by Crippen LogP contribution is -2.59. The summed E-state index contributed by atoms with van der Waals surface area (Å²) in [5.41, 5.74) is -0.613. The Morgan fingerprint density at radius 2 is 2.11 bits per heavy atom. The van der Waals surface area contributed by atoms with Gasteiger partial charge in [0.05, 0.1) is 0 Å². The highest BCUT2D eigenvalue weighted by molar-refractivity contribution is 5.78. The molecule has 0 amide bonds. The molecule has 0 aromatic heterocycles. The zero-order valence-electron chi connectivity index (χ0n) is 11.8. The SMILES string of the molecule is CCC1CCCC(N2CCCCC2(C)C(=O)O)C1. The van der Waals surface area contributed by atoms with Gasteiger partial charge in [0.2, 0.25) is 0 Å². The van der Waals surface area contributed by atoms with Gasteiger partial charge >= 0.3 is 5.97 Å². The quantitative estimate of drug-likeness (QED) is 0.839. The molecule has 18 heavy (non-hydrogen) atoms. The van der Waals surface area contributed by atoms with Crippen LogP contribution in [0.5, 0.6) is 0 Å². The second kappa shape index (κ2) is 5.60. The van der Waals surface area contributed by atoms with Crippen LogP contribution < -0.4 is 0 Å². The van der Waals surface area contributed by atoms with Crippen LogP contribution in [0, 0.1) is 5.92 Å². The van der Waals surface area contributed by atoms with E-state index in [1.165, 1.54) is 32.1 Å². The molecule has 1 N–H and O–H groups in total. The Morgan fingerprint density at radius 1 is 1.33 bits per heavy atom. The van der Waals surface area contributed by atoms with Gasteiger partial charge in [-0.1, -0.05) is 26.2 Å². The fourth-order valence-corrected chi connectivity index (χ4v) is 3.87. The summed E-state index contributed by atoms with van der Waals surface area (Å²) in [6.07, 6.45) is 9.29. The third-order valence-electron chi connectivity index (χ3n) is 5.18. The average Bonchev–Trinajstić information content (AvgIpc) is 2.39. The number of carbonyl (C=O) groups is 1. The number of likely N-dealkylation sites (tertiary alicyclic amines) is 1. The van der Waals surface area contributed by atoms with Crippen LogP contribution in [0.25, 0.3) is 0 Å². The van der Waals surface area contributed by atoms with E-state index >= 15 is 0 Å². The molecule has 3 atom stereocenters. The first-order valence-electron chi connectivity index (χ1n) is 7.58. The van der Waals surface area contributed by atoms with Crippen molar-refractivity contribution in [3.8, 4) is 0 Å². The minimum absolute atomic E-state index is 0.505. The fraction of sp³-hybridized carbons (Fsp3) is 0.933. The van der Waals surface area contributed by atoms with Crippen molar-refractivity contribution in [3.05, 3.63) is 0 Å². The molecule has 1 saturated heterocycles. The van der Waals surface area contributed by atoms with Crippen molar-refractivity contribution < 1.29 is 9.90 Å². The summed E-state index contributed by atoms with van der Waals surface area (Å²) < 4.78 is 0. The molecule has 104 valence electrons. The first kappa shape index (κ1) is 13.9. The van der Waals surface area contributed by atoms with Crippen molar-refractivity contribution in [1.82, 2.24) is 4.90 Å². The summed E-state index contributed by atoms with van der Waals surface area (Å²) in [5, 5.41) is 9.58. The molecule has 2 rings (SSSR count). The Morgan fingerprint density at radius 3 is 2.78 bits per heavy atom. The Kier molecular flexibility index (Phi) is 4.31. The van der Waals surface area contributed by atoms with E-state index in [4.69, 9.17) is 0 Å². The second-order valence-electron chi connectivity index (χ2n) is 6.32. The smallest absolute Gasteiger partial charge is 0.323 e. The number of nitrogens with zero attached hydrogens (tertiary/aromatic N) is 1. The van der Waals surface area contributed by atoms with Gasteiger partial charge in [0.1, 0.15) is 5.54 Å². The summed E-state index contributed by atoms with van der Waals surface area (Å²) in [4.78, 5) is 14.0. The molecule has 1 saturated carbocycles. The van der Waals surface area contributed by atoms with Gasteiger partial charge in [-0.2, -0.15) is 0 Å². The number of hydrogen-bond donors (Lipinski definition) is 1. The molecular weight excluding hydrogens is 226 g/mol. The minimum atomic E-state index is -0.624. The van der Waals surface area contributed by atoms with Crippen LogP contribution in [0.3, 0.4) is 0 Å². The minimum Gasteiger partial charge on any atom is -0.480 e. The molecule has 0 radical (unpaired) electrons. The molecule has 2 fully saturated rings. The van der Waals surface area contributed by atoms with Crippen LogP contribution >= 0.6 is 0 Å². The third kappa shape index (κ3) is 2.56. The summed E-state index contributed by atoms with van der Waals surface area (Å²) in [6.45, 7) is 5.17. The maximum Gasteiger partial charge on any atom is 0.323 e. The van der Waals surface area contributed by atoms with Crippen LogP contribution in [-0.4, -0.2) is 34.1 Å². The molecule has 1 aliphatic carbocycles. The van der Waals surface area contributed by atoms with Crippen LogP contribution in [0.15, 0.2) is 0 Å². The lowest BCUT2D eigenvalue weighted by molar-refractivity contribution is -0.156. The van der Waals surface area contributed by atoms with Crippen LogP contribution in [-0.2, 0) is 4.79 Å². The van der Waals surface area contributed by atoms with Crippen molar-refractivity contribution in [2.24, 2.45) is 5.92 Å². The standard InChI is InChI=1S/C15H27NO2/c1-3-12-7-6-8-13(11-12)16-10-5-4-9-15(16,2)14(17)18/h12-13H,3-11H2,1-2H3,(H,17,18). The molecule has 3 heteroatoms. The molecule has 0 aromatic rings. The second-order valence-corrected chi connectivity index (χ2v) is 6.32. The molecule has 1 heterocycles. The predicted molar refractivity (Wildman–Crippen MR) is 72.6 cm³/mol. The lowest BCUT2D eigenvalue weighted by Gasteiger charge is -2.48. The summed E-state index contributed by atoms with van der Waals surface area (Å²) >= 11 is 0. The monoisotopic (exact) mass is 253 g/mol. The zero-order valence-corrected chi connectivity index (χ0v) is 11.8. The largest absolute Gasteiger partial charge is 0.480 e. The number of carboxylic acid groups (broad SMARTS) is 1. The van der Waals surface area contributed by atoms with Gasteiger partial charge in [-0.05, 0) is 51.5 Å². The molecule has 0 spiro atoms. The van der Waals surface area contributed by atoms with Crippen LogP contribution in [0.4, 0.5) is 0 Å². The van der Waals surface area contributed by atoms with E-state index in [-0.39, 0.29) is 0 Å². The zero-order chi connectivity index (χ0) is 13.2. The number of rotatable bonds is 3. The highest BCUT2D eigenvalue weighted by atomic mass is 16.4. The van der Waals surface area contributed by atoms with Crippen molar-refractivity contribution in [3.63, 3.8) is 0 Å². The van der Waals surface area contributed by atoms with Gasteiger partial charge in [-0.3, -0.25) is 9.69 Å². The molecule has 0 bridgehead atoms. The first-order chi connectivity index (χ1) is 8.58. The van der Waals surface area contributed by atoms with Crippen molar-refractivity contribution in [2.45, 2.75) is 76.8 Å². The number of piperidine rings is 1. The average molecular weight is 253 g/mol. The van der Waals surface area contributed by atoms with E-state index in [2.05, 4.69) is 11.8 Å². The van der Waals surface area contributed by atoms with Gasteiger partial charge in [0.15, 0.2) is 0 Å². The molecule has 1 aliphatic heterocycles. The normalized spacial score (nSPS) is 38.6. The molecule has 3 nitrogen and oxygen atoms in total. The summed E-state index contributed by atoms with van der Waals surface area (Å²) in [6, 6.07) is 0.505. The van der Waals surface area contributed by atoms with Crippen molar-refractivity contribution in [1.29, 1.82) is 0 Å². The Balaban J connectivity index is 2.11. The van der Waals surface area contributed by atoms with E-state index < -0.39 is 11.5 Å². The summed E-state index contributed by atoms with van der Waals surface area (Å²) in [5.74, 6) is 0.185. The molecule has 3 unspecified atom stereocenters. The molecular formula is C15H27NO2. The maximum atomic E-state index is 11.6. The fourth-order valence-electron chi connectivity index (χ4n) is 3.87. The Labute approximate surface area is 111 Å². The molecule has 2 aliphatic rings. The van der Waals surface area contributed by atoms with E-state index in [1.807, 2.05) is 6.92 Å². The van der Waals surface area contributed by atoms with Crippen LogP contribution in [0.2, 0.25) is 0 Å². The van der Waals surface area contributed by atoms with E-state index in [1.54, 1.807) is 0 Å². The Bertz CT molecular complexity index is 305. The van der Waals surface area contributed by atoms with Gasteiger partial charge in [0.25, 0.3) is 0 Å². The van der Waals surface area contributed by atoms with Crippen molar-refractivity contribution >= 4 is 5.97 Å². The summed E-state index contributed by atoms with van der Waals surface area (Å²) in [7, 11) is 0. The lowest BCUT2D eigenvalue weighted by atomic mass is 9.79. The van der Waals surface area contributed by atoms with E-state index in [0.717, 1.165) is 31.7 Å². The topological polar surface area (TPSA) is 40.5 Å². The van der Waals surface area contributed by atoms with Gasteiger partial charge in [-0.15, -0.1) is 0 Å². The Hall–Kier alpha value is -0.570. The number of hydrogen-bond acceptors (Lipinski definition) is 2. The van der Waals surface area contributed by atoms with Gasteiger partial charge in [-0.25, -0.2) is 0 Å². The molecule has 0 aromatic carbocycles.